The first-order valence-electron chi connectivity index (χ1n) is 12.1. The van der Waals surface area contributed by atoms with Gasteiger partial charge in [0.05, 0.1) is 12.8 Å². The summed E-state index contributed by atoms with van der Waals surface area (Å²) in [4.78, 5) is 15.5. The number of benzene rings is 2. The number of hydrogen-bond acceptors (Lipinski definition) is 5. The van der Waals surface area contributed by atoms with Gasteiger partial charge in [-0.1, -0.05) is 60.7 Å². The number of nitrogens with zero attached hydrogens (tertiary/aromatic N) is 2. The number of carbonyl (C=O) groups is 1. The number of carboxylic acids is 1. The molecule has 2 heterocycles. The summed E-state index contributed by atoms with van der Waals surface area (Å²) in [6.45, 7) is 3.71. The Bertz CT molecular complexity index is 1040. The molecule has 0 atom stereocenters. The van der Waals surface area contributed by atoms with Gasteiger partial charge in [-0.25, -0.2) is 4.79 Å². The summed E-state index contributed by atoms with van der Waals surface area (Å²) in [5, 5.41) is 19.1. The van der Waals surface area contributed by atoms with Crippen LogP contribution in [-0.4, -0.2) is 58.5 Å². The van der Waals surface area contributed by atoms with Gasteiger partial charge in [0.1, 0.15) is 11.4 Å². The van der Waals surface area contributed by atoms with Gasteiger partial charge in [-0.05, 0) is 61.5 Å². The number of likely N-dealkylation sites (tertiary alicyclic amines) is 1. The van der Waals surface area contributed by atoms with Gasteiger partial charge in [0.25, 0.3) is 0 Å². The standard InChI is InChI=1S/C26H30N2O2.C2HF3O2/c29-26(22-9-3-1-4-10-22,23-11-5-2-6-12-23)24-14-18-28(19-15-24)17-8-20-30-25-13-7-16-27-21-25;3-2(4,5)1(6)7/h1-7,9-13,16,21,24,29H,8,14-15,17-20H2;(H,6,7). The molecule has 1 saturated heterocycles. The van der Waals surface area contributed by atoms with Crippen molar-refractivity contribution < 1.29 is 32.9 Å². The van der Waals surface area contributed by atoms with Crippen LogP contribution in [0.25, 0.3) is 0 Å². The van der Waals surface area contributed by atoms with Crippen LogP contribution in [-0.2, 0) is 10.4 Å². The smallest absolute Gasteiger partial charge is 0.490 e. The molecule has 3 aromatic rings. The molecule has 0 radical (unpaired) electrons. The molecular formula is C28H31F3N2O4. The Morgan fingerprint density at radius 3 is 1.95 bits per heavy atom. The number of piperidine rings is 1. The van der Waals surface area contributed by atoms with E-state index < -0.39 is 17.7 Å². The minimum Gasteiger partial charge on any atom is -0.492 e. The molecule has 4 rings (SSSR count). The Hall–Kier alpha value is -3.43. The molecule has 6 nitrogen and oxygen atoms in total. The van der Waals surface area contributed by atoms with E-state index in [0.29, 0.717) is 6.61 Å². The summed E-state index contributed by atoms with van der Waals surface area (Å²) in [6.07, 6.45) is 1.36. The van der Waals surface area contributed by atoms with Gasteiger partial charge in [-0.15, -0.1) is 0 Å². The van der Waals surface area contributed by atoms with Gasteiger partial charge in [0.2, 0.25) is 0 Å². The van der Waals surface area contributed by atoms with Crippen LogP contribution in [0.3, 0.4) is 0 Å². The molecule has 1 aliphatic heterocycles. The number of halogens is 3. The molecule has 1 aromatic heterocycles. The SMILES string of the molecule is O=C(O)C(F)(F)F.OC(c1ccccc1)(c1ccccc1)C1CCN(CCCOc2cccnc2)CC1. The lowest BCUT2D eigenvalue weighted by atomic mass is 9.72. The van der Waals surface area contributed by atoms with Crippen LogP contribution >= 0.6 is 0 Å². The van der Waals surface area contributed by atoms with Crippen molar-refractivity contribution in [3.05, 3.63) is 96.3 Å². The lowest BCUT2D eigenvalue weighted by Gasteiger charge is -2.42. The zero-order valence-electron chi connectivity index (χ0n) is 20.3. The second kappa shape index (κ2) is 13.2. The lowest BCUT2D eigenvalue weighted by Crippen LogP contribution is -2.44. The highest BCUT2D eigenvalue weighted by atomic mass is 19.4. The maximum absolute atomic E-state index is 12.0. The minimum atomic E-state index is -5.08. The normalized spacial score (nSPS) is 14.9. The molecule has 9 heteroatoms. The number of ether oxygens (including phenoxy) is 1. The fraction of sp³-hybridized carbons (Fsp3) is 0.357. The third-order valence-corrected chi connectivity index (χ3v) is 6.37. The number of carboxylic acid groups (broad SMARTS) is 1. The van der Waals surface area contributed by atoms with E-state index in [-0.39, 0.29) is 5.92 Å². The van der Waals surface area contributed by atoms with Crippen molar-refractivity contribution in [2.45, 2.75) is 31.0 Å². The molecule has 1 fully saturated rings. The molecule has 0 unspecified atom stereocenters. The number of aliphatic hydroxyl groups is 1. The first kappa shape index (κ1) is 28.1. The molecule has 198 valence electrons. The molecular weight excluding hydrogens is 485 g/mol. The zero-order chi connectivity index (χ0) is 26.7. The van der Waals surface area contributed by atoms with Crippen LogP contribution in [0.2, 0.25) is 0 Å². The topological polar surface area (TPSA) is 82.9 Å². The van der Waals surface area contributed by atoms with Gasteiger partial charge >= 0.3 is 12.1 Å². The highest BCUT2D eigenvalue weighted by Gasteiger charge is 2.41. The lowest BCUT2D eigenvalue weighted by molar-refractivity contribution is -0.192. The Kier molecular flexibility index (Phi) is 10.0. The monoisotopic (exact) mass is 516 g/mol. The summed E-state index contributed by atoms with van der Waals surface area (Å²) in [5.41, 5.74) is 1.02. The Balaban J connectivity index is 0.000000479. The predicted molar refractivity (Wildman–Crippen MR) is 133 cm³/mol. The summed E-state index contributed by atoms with van der Waals surface area (Å²) in [5.74, 6) is -1.73. The van der Waals surface area contributed by atoms with Gasteiger partial charge in [-0.2, -0.15) is 13.2 Å². The molecule has 2 N–H and O–H groups in total. The molecule has 0 spiro atoms. The first-order valence-corrected chi connectivity index (χ1v) is 12.1. The van der Waals surface area contributed by atoms with Crippen molar-refractivity contribution in [2.75, 3.05) is 26.2 Å². The van der Waals surface area contributed by atoms with Crippen LogP contribution in [0.15, 0.2) is 85.2 Å². The van der Waals surface area contributed by atoms with E-state index in [1.165, 1.54) is 0 Å². The van der Waals surface area contributed by atoms with Crippen LogP contribution in [0.4, 0.5) is 13.2 Å². The molecule has 0 aliphatic carbocycles. The van der Waals surface area contributed by atoms with E-state index in [4.69, 9.17) is 14.6 Å². The molecule has 0 bridgehead atoms. The average Bonchev–Trinajstić information content (AvgIpc) is 2.92. The van der Waals surface area contributed by atoms with E-state index in [0.717, 1.165) is 55.8 Å². The number of rotatable bonds is 8. The number of alkyl halides is 3. The molecule has 0 saturated carbocycles. The second-order valence-electron chi connectivity index (χ2n) is 8.81. The van der Waals surface area contributed by atoms with Crippen molar-refractivity contribution in [3.8, 4) is 5.75 Å². The quantitative estimate of drug-likeness (QED) is 0.404. The Morgan fingerprint density at radius 2 is 1.49 bits per heavy atom. The summed E-state index contributed by atoms with van der Waals surface area (Å²) in [6, 6.07) is 24.1. The Labute approximate surface area is 214 Å². The van der Waals surface area contributed by atoms with Crippen LogP contribution < -0.4 is 4.74 Å². The van der Waals surface area contributed by atoms with Crippen LogP contribution in [0.5, 0.6) is 5.75 Å². The van der Waals surface area contributed by atoms with Crippen molar-refractivity contribution in [1.29, 1.82) is 0 Å². The fourth-order valence-electron chi connectivity index (χ4n) is 4.51. The van der Waals surface area contributed by atoms with E-state index in [9.17, 15) is 18.3 Å². The second-order valence-corrected chi connectivity index (χ2v) is 8.81. The van der Waals surface area contributed by atoms with E-state index >= 15 is 0 Å². The number of pyridine rings is 1. The summed E-state index contributed by atoms with van der Waals surface area (Å²) >= 11 is 0. The van der Waals surface area contributed by atoms with Gasteiger partial charge in [-0.3, -0.25) is 4.98 Å². The first-order chi connectivity index (χ1) is 17.7. The largest absolute Gasteiger partial charge is 0.492 e. The highest BCUT2D eigenvalue weighted by molar-refractivity contribution is 5.73. The van der Waals surface area contributed by atoms with Gasteiger partial charge in [0.15, 0.2) is 0 Å². The van der Waals surface area contributed by atoms with E-state index in [2.05, 4.69) is 34.1 Å². The maximum Gasteiger partial charge on any atom is 0.490 e. The molecule has 2 aromatic carbocycles. The average molecular weight is 517 g/mol. The van der Waals surface area contributed by atoms with Gasteiger partial charge in [0, 0.05) is 12.7 Å². The van der Waals surface area contributed by atoms with Crippen molar-refractivity contribution in [3.63, 3.8) is 0 Å². The number of aliphatic carboxylic acids is 1. The Morgan fingerprint density at radius 1 is 0.946 bits per heavy atom. The molecule has 0 amide bonds. The number of aromatic nitrogens is 1. The molecule has 37 heavy (non-hydrogen) atoms. The van der Waals surface area contributed by atoms with Crippen molar-refractivity contribution in [1.82, 2.24) is 9.88 Å². The van der Waals surface area contributed by atoms with Crippen molar-refractivity contribution >= 4 is 5.97 Å². The van der Waals surface area contributed by atoms with Crippen LogP contribution in [0.1, 0.15) is 30.4 Å². The number of hydrogen-bond donors (Lipinski definition) is 2. The van der Waals surface area contributed by atoms with Crippen LogP contribution in [0, 0.1) is 5.92 Å². The van der Waals surface area contributed by atoms with Gasteiger partial charge < -0.3 is 19.8 Å². The third-order valence-electron chi connectivity index (χ3n) is 6.37. The minimum absolute atomic E-state index is 0.199. The van der Waals surface area contributed by atoms with Crippen molar-refractivity contribution in [2.24, 2.45) is 5.92 Å². The summed E-state index contributed by atoms with van der Waals surface area (Å²) < 4.78 is 37.5. The predicted octanol–water partition coefficient (Wildman–Crippen LogP) is 5.13. The third kappa shape index (κ3) is 8.03. The maximum atomic E-state index is 12.0. The zero-order valence-corrected chi connectivity index (χ0v) is 20.3. The molecule has 1 aliphatic rings. The fourth-order valence-corrected chi connectivity index (χ4v) is 4.51. The summed E-state index contributed by atoms with van der Waals surface area (Å²) in [7, 11) is 0. The van der Waals surface area contributed by atoms with E-state index in [1.807, 2.05) is 48.5 Å². The van der Waals surface area contributed by atoms with E-state index in [1.54, 1.807) is 12.4 Å². The highest BCUT2D eigenvalue weighted by Crippen LogP contribution is 2.41.